The number of ether oxygens (including phenoxy) is 1. The number of carbonyl (C=O) groups excluding carboxylic acids is 3. The third kappa shape index (κ3) is 25.8. The second-order valence-corrected chi connectivity index (χ2v) is 24.1. The number of hydrogen-bond acceptors (Lipinski definition) is 18. The van der Waals surface area contributed by atoms with E-state index < -0.39 is 84.6 Å². The maximum Gasteiger partial charge on any atom is 0.481 e. The second kappa shape index (κ2) is 33.5. The molecule has 1 fully saturated rings. The number of unbranched alkanes of at least 4 members (excludes halogenated alkanes) is 17. The van der Waals surface area contributed by atoms with E-state index in [1.54, 1.807) is 0 Å². The van der Waals surface area contributed by atoms with Gasteiger partial charge in [-0.3, -0.25) is 32.5 Å². The van der Waals surface area contributed by atoms with Gasteiger partial charge in [-0.15, -0.1) is 0 Å². The van der Waals surface area contributed by atoms with Crippen molar-refractivity contribution in [1.29, 1.82) is 0 Å². The number of amides is 2. The number of phosphoric ester groups is 3. The molecule has 7 unspecified atom stereocenters. The summed E-state index contributed by atoms with van der Waals surface area (Å²) in [5.41, 5.74) is 4.29. The lowest BCUT2D eigenvalue weighted by Gasteiger charge is -2.30. The summed E-state index contributed by atoms with van der Waals surface area (Å²) in [5, 5.41) is 26.7. The van der Waals surface area contributed by atoms with Crippen LogP contribution >= 0.6 is 35.2 Å². The highest BCUT2D eigenvalue weighted by atomic mass is 32.2. The number of fused-ring (bicyclic) bond motifs is 1. The van der Waals surface area contributed by atoms with Gasteiger partial charge in [-0.2, -0.15) is 4.31 Å². The van der Waals surface area contributed by atoms with Gasteiger partial charge in [0, 0.05) is 37.1 Å². The maximum absolute atomic E-state index is 12.8. The molecule has 2 amide bonds. The Kier molecular flexibility index (Phi) is 29.6. The molecule has 0 radical (unpaired) electrons. The van der Waals surface area contributed by atoms with Crippen molar-refractivity contribution < 1.29 is 80.5 Å². The molecular weight excluding hydrogens is 1040 g/mol. The smallest absolute Gasteiger partial charge is 0.386 e. The van der Waals surface area contributed by atoms with Crippen molar-refractivity contribution in [3.05, 3.63) is 24.8 Å². The number of carbonyl (C=O) groups is 3. The van der Waals surface area contributed by atoms with E-state index in [2.05, 4.69) is 53.5 Å². The number of nitrogens with two attached hydrogens (primary N) is 1. The lowest BCUT2D eigenvalue weighted by molar-refractivity contribution is -0.137. The Hall–Kier alpha value is -2.70. The van der Waals surface area contributed by atoms with Crippen LogP contribution in [0.4, 0.5) is 5.82 Å². The van der Waals surface area contributed by atoms with Gasteiger partial charge in [0.25, 0.3) is 0 Å². The summed E-state index contributed by atoms with van der Waals surface area (Å²) in [6.07, 6.45) is 22.0. The fourth-order valence-electron chi connectivity index (χ4n) is 7.77. The SMILES string of the molecule is CCCCCCCCC=CCCCCCCCCCCCCCC(=O)SCCNC(=O)CCNC(=O)C(O)C(C)(C)COP(=O)(O)OP(=O)(O)OCC1OC(n2cnc3c(N)ncnc32)C(O)C1OP(=O)(O)O. The molecule has 0 aliphatic carbocycles. The Morgan fingerprint density at radius 1 is 0.822 bits per heavy atom. The van der Waals surface area contributed by atoms with Crippen molar-refractivity contribution in [1.82, 2.24) is 30.2 Å². The Labute approximate surface area is 432 Å². The van der Waals surface area contributed by atoms with Gasteiger partial charge in [0.2, 0.25) is 11.8 Å². The van der Waals surface area contributed by atoms with Crippen molar-refractivity contribution in [3.8, 4) is 0 Å². The second-order valence-electron chi connectivity index (χ2n) is 18.7. The van der Waals surface area contributed by atoms with E-state index in [-0.39, 0.29) is 41.6 Å². The number of nitrogen functional groups attached to an aromatic ring is 1. The standard InChI is InChI=1S/C45H80N7O17P3S/c1-4-5-6-7-8-9-10-11-12-13-14-15-16-17-18-19-20-21-22-23-24-25-36(54)73-29-28-47-35(53)26-27-48-43(57)40(56)45(2,3)31-66-72(63,64)69-71(61,62)65-30-34-39(68-70(58,59)60)38(55)44(67-34)52-33-51-37-41(46)49-32-50-42(37)52/h11-12,32-34,38-40,44,55-56H,4-10,13-31H2,1-3H3,(H,47,53)(H,48,57)(H,61,62)(H,63,64)(H2,46,49,50)(H2,58,59,60). The van der Waals surface area contributed by atoms with Crippen molar-refractivity contribution >= 4 is 69.1 Å². The van der Waals surface area contributed by atoms with E-state index in [1.165, 1.54) is 117 Å². The number of nitrogens with zero attached hydrogens (tertiary/aromatic N) is 4. The number of rotatable bonds is 40. The van der Waals surface area contributed by atoms with E-state index in [0.29, 0.717) is 12.2 Å². The molecule has 1 aliphatic heterocycles. The zero-order valence-corrected chi connectivity index (χ0v) is 45.9. The van der Waals surface area contributed by atoms with Gasteiger partial charge in [-0.05, 0) is 32.1 Å². The van der Waals surface area contributed by atoms with Crippen LogP contribution in [0.3, 0.4) is 0 Å². The van der Waals surface area contributed by atoms with E-state index in [4.69, 9.17) is 19.5 Å². The third-order valence-corrected chi connectivity index (χ3v) is 15.9. The number of allylic oxidation sites excluding steroid dienone is 2. The normalized spacial score (nSPS) is 19.5. The Morgan fingerprint density at radius 2 is 1.40 bits per heavy atom. The fraction of sp³-hybridized carbons (Fsp3) is 0.778. The third-order valence-electron chi connectivity index (χ3n) is 11.9. The first-order valence-electron chi connectivity index (χ1n) is 25.3. The van der Waals surface area contributed by atoms with Crippen molar-refractivity contribution in [2.75, 3.05) is 37.8 Å². The predicted molar refractivity (Wildman–Crippen MR) is 274 cm³/mol. The minimum absolute atomic E-state index is 0.0339. The summed E-state index contributed by atoms with van der Waals surface area (Å²) < 4.78 is 62.5. The van der Waals surface area contributed by atoms with Crippen molar-refractivity contribution in [2.24, 2.45) is 5.41 Å². The number of imidazole rings is 1. The molecule has 1 aliphatic rings. The molecule has 24 nitrogen and oxygen atoms in total. The zero-order valence-electron chi connectivity index (χ0n) is 42.4. The number of aromatic nitrogens is 4. The van der Waals surface area contributed by atoms with Gasteiger partial charge in [0.1, 0.15) is 36.3 Å². The number of aliphatic hydroxyl groups excluding tert-OH is 2. The molecule has 28 heteroatoms. The zero-order chi connectivity index (χ0) is 53.9. The van der Waals surface area contributed by atoms with Crippen LogP contribution in [-0.4, -0.2) is 123 Å². The van der Waals surface area contributed by atoms with E-state index in [0.717, 1.165) is 48.2 Å². The highest BCUT2D eigenvalue weighted by Gasteiger charge is 2.50. The largest absolute Gasteiger partial charge is 0.481 e. The van der Waals surface area contributed by atoms with Gasteiger partial charge in [-0.1, -0.05) is 135 Å². The van der Waals surface area contributed by atoms with Crippen LogP contribution in [0, 0.1) is 5.41 Å². The van der Waals surface area contributed by atoms with Crippen molar-refractivity contribution in [2.45, 2.75) is 186 Å². The predicted octanol–water partition coefficient (Wildman–Crippen LogP) is 7.04. The molecule has 2 aromatic heterocycles. The lowest BCUT2D eigenvalue weighted by Crippen LogP contribution is -2.46. The molecule has 0 spiro atoms. The number of phosphoric acid groups is 3. The minimum Gasteiger partial charge on any atom is -0.386 e. The van der Waals surface area contributed by atoms with Crippen molar-refractivity contribution in [3.63, 3.8) is 0 Å². The average molecular weight is 1120 g/mol. The van der Waals surface area contributed by atoms with E-state index in [9.17, 15) is 57.9 Å². The number of nitrogens with one attached hydrogen (secondary N) is 2. The summed E-state index contributed by atoms with van der Waals surface area (Å²) in [7, 11) is -16.4. The van der Waals surface area contributed by atoms with Gasteiger partial charge >= 0.3 is 23.5 Å². The van der Waals surface area contributed by atoms with Crippen LogP contribution < -0.4 is 16.4 Å². The lowest BCUT2D eigenvalue weighted by atomic mass is 9.87. The molecular formula is C45H80N7O17P3S. The molecule has 418 valence electrons. The number of thioether (sulfide) groups is 1. The summed E-state index contributed by atoms with van der Waals surface area (Å²) >= 11 is 1.16. The van der Waals surface area contributed by atoms with Crippen LogP contribution in [-0.2, 0) is 50.7 Å². The molecule has 2 aromatic rings. The highest BCUT2D eigenvalue weighted by Crippen LogP contribution is 2.61. The summed E-state index contributed by atoms with van der Waals surface area (Å²) in [5.74, 6) is -1.02. The first-order valence-corrected chi connectivity index (χ1v) is 30.8. The van der Waals surface area contributed by atoms with E-state index >= 15 is 0 Å². The van der Waals surface area contributed by atoms with Gasteiger partial charge in [0.05, 0.1) is 19.5 Å². The number of aliphatic hydroxyl groups is 2. The molecule has 3 heterocycles. The summed E-state index contributed by atoms with van der Waals surface area (Å²) in [6, 6.07) is 0. The Bertz CT molecular complexity index is 2150. The summed E-state index contributed by atoms with van der Waals surface area (Å²) in [6.45, 7) is 2.83. The molecule has 0 bridgehead atoms. The molecule has 0 saturated carbocycles. The minimum atomic E-state index is -5.58. The van der Waals surface area contributed by atoms with Gasteiger partial charge in [0.15, 0.2) is 22.8 Å². The topological polar surface area (TPSA) is 364 Å². The van der Waals surface area contributed by atoms with E-state index in [1.807, 2.05) is 0 Å². The van der Waals surface area contributed by atoms with Crippen LogP contribution in [0.5, 0.6) is 0 Å². The molecule has 73 heavy (non-hydrogen) atoms. The van der Waals surface area contributed by atoms with Gasteiger partial charge < -0.3 is 50.9 Å². The van der Waals surface area contributed by atoms with Crippen LogP contribution in [0.15, 0.2) is 24.8 Å². The molecule has 3 rings (SSSR count). The van der Waals surface area contributed by atoms with Gasteiger partial charge in [-0.25, -0.2) is 28.6 Å². The quantitative estimate of drug-likeness (QED) is 0.0183. The maximum atomic E-state index is 12.8. The average Bonchev–Trinajstić information content (AvgIpc) is 3.88. The van der Waals surface area contributed by atoms with Crippen LogP contribution in [0.25, 0.3) is 11.2 Å². The monoisotopic (exact) mass is 1120 g/mol. The Morgan fingerprint density at radius 3 is 2.00 bits per heavy atom. The molecule has 7 atom stereocenters. The fourth-order valence-corrected chi connectivity index (χ4v) is 11.3. The first-order chi connectivity index (χ1) is 34.6. The first kappa shape index (κ1) is 64.6. The van der Waals surface area contributed by atoms with Crippen LogP contribution in [0.1, 0.15) is 162 Å². The number of anilines is 1. The highest BCUT2D eigenvalue weighted by molar-refractivity contribution is 8.13. The molecule has 0 aromatic carbocycles. The molecule has 1 saturated heterocycles. The van der Waals surface area contributed by atoms with Crippen LogP contribution in [0.2, 0.25) is 0 Å². The molecule has 10 N–H and O–H groups in total. The number of hydrogen-bond donors (Lipinski definition) is 9. The summed E-state index contributed by atoms with van der Waals surface area (Å²) in [4.78, 5) is 88.6. The Balaban J connectivity index is 1.23.